The normalized spacial score (nSPS) is 40.0. The fourth-order valence-corrected chi connectivity index (χ4v) is 2.39. The Balaban J connectivity index is 2.02. The van der Waals surface area contributed by atoms with Gasteiger partial charge in [-0.25, -0.2) is 0 Å². The highest BCUT2D eigenvalue weighted by molar-refractivity contribution is 4.91. The van der Waals surface area contributed by atoms with Gasteiger partial charge in [0, 0.05) is 0 Å². The van der Waals surface area contributed by atoms with Crippen molar-refractivity contribution in [2.45, 2.75) is 63.7 Å². The van der Waals surface area contributed by atoms with Gasteiger partial charge in [-0.05, 0) is 27.7 Å². The van der Waals surface area contributed by atoms with Gasteiger partial charge in [0.2, 0.25) is 0 Å². The molecule has 6 nitrogen and oxygen atoms in total. The van der Waals surface area contributed by atoms with Crippen LogP contribution in [-0.2, 0) is 18.9 Å². The lowest BCUT2D eigenvalue weighted by molar-refractivity contribution is -0.178. The van der Waals surface area contributed by atoms with Crippen molar-refractivity contribution in [3.63, 3.8) is 0 Å². The molecular weight excluding hydrogens is 240 g/mol. The molecule has 2 fully saturated rings. The average molecular weight is 262 g/mol. The van der Waals surface area contributed by atoms with Crippen LogP contribution >= 0.6 is 0 Å². The maximum absolute atomic E-state index is 10.3. The van der Waals surface area contributed by atoms with Gasteiger partial charge in [-0.1, -0.05) is 0 Å². The topological polar surface area (TPSA) is 77.4 Å². The molecule has 2 saturated heterocycles. The van der Waals surface area contributed by atoms with E-state index < -0.39 is 36.0 Å². The van der Waals surface area contributed by atoms with E-state index in [-0.39, 0.29) is 6.61 Å². The smallest absolute Gasteiger partial charge is 0.164 e. The molecule has 6 heteroatoms. The summed E-state index contributed by atoms with van der Waals surface area (Å²) < 4.78 is 22.1. The van der Waals surface area contributed by atoms with Crippen LogP contribution < -0.4 is 0 Å². The third-order valence-electron chi connectivity index (χ3n) is 3.15. The van der Waals surface area contributed by atoms with Gasteiger partial charge in [-0.15, -0.1) is 0 Å². The van der Waals surface area contributed by atoms with Crippen LogP contribution in [0, 0.1) is 0 Å². The summed E-state index contributed by atoms with van der Waals surface area (Å²) in [7, 11) is 0. The predicted molar refractivity (Wildman–Crippen MR) is 61.8 cm³/mol. The van der Waals surface area contributed by atoms with E-state index in [0.717, 1.165) is 0 Å². The first-order chi connectivity index (χ1) is 8.24. The van der Waals surface area contributed by atoms with E-state index >= 15 is 0 Å². The molecule has 106 valence electrons. The Kier molecular flexibility index (Phi) is 3.70. The van der Waals surface area contributed by atoms with Gasteiger partial charge < -0.3 is 29.2 Å². The van der Waals surface area contributed by atoms with E-state index in [0.29, 0.717) is 6.61 Å². The molecule has 2 heterocycles. The molecule has 0 aromatic heterocycles. The van der Waals surface area contributed by atoms with Crippen LogP contribution in [0.4, 0.5) is 0 Å². The van der Waals surface area contributed by atoms with E-state index in [2.05, 4.69) is 0 Å². The molecule has 0 bridgehead atoms. The Hall–Kier alpha value is -0.240. The molecule has 0 unspecified atom stereocenters. The molecule has 0 radical (unpaired) electrons. The quantitative estimate of drug-likeness (QED) is 0.746. The first-order valence-corrected chi connectivity index (χ1v) is 6.20. The highest BCUT2D eigenvalue weighted by atomic mass is 16.8. The lowest BCUT2D eigenvalue weighted by Crippen LogP contribution is -2.45. The van der Waals surface area contributed by atoms with E-state index in [1.54, 1.807) is 27.7 Å². The Morgan fingerprint density at radius 2 is 1.78 bits per heavy atom. The maximum atomic E-state index is 10.3. The Labute approximate surface area is 107 Å². The Morgan fingerprint density at radius 1 is 1.11 bits per heavy atom. The second kappa shape index (κ2) is 4.70. The fraction of sp³-hybridized carbons (Fsp3) is 1.00. The number of hydrogen-bond acceptors (Lipinski definition) is 6. The number of hydrogen-bond donors (Lipinski definition) is 2. The zero-order valence-corrected chi connectivity index (χ0v) is 11.3. The van der Waals surface area contributed by atoms with Crippen molar-refractivity contribution in [3.8, 4) is 0 Å². The van der Waals surface area contributed by atoms with Crippen LogP contribution in [0.3, 0.4) is 0 Å². The molecular formula is C12H22O6. The van der Waals surface area contributed by atoms with Crippen LogP contribution in [0.15, 0.2) is 0 Å². The highest BCUT2D eigenvalue weighted by Crippen LogP contribution is 2.33. The average Bonchev–Trinajstić information content (AvgIpc) is 2.77. The van der Waals surface area contributed by atoms with Gasteiger partial charge >= 0.3 is 0 Å². The predicted octanol–water partition coefficient (Wildman–Crippen LogP) is 0.0112. The molecule has 0 spiro atoms. The Morgan fingerprint density at radius 3 is 2.28 bits per heavy atom. The lowest BCUT2D eigenvalue weighted by Gasteiger charge is -2.26. The van der Waals surface area contributed by atoms with Gasteiger partial charge in [0.1, 0.15) is 24.4 Å². The molecule has 2 N–H and O–H groups in total. The van der Waals surface area contributed by atoms with Gasteiger partial charge in [-0.3, -0.25) is 0 Å². The second-order valence-electron chi connectivity index (χ2n) is 5.68. The molecule has 18 heavy (non-hydrogen) atoms. The van der Waals surface area contributed by atoms with E-state index in [1.165, 1.54) is 0 Å². The summed E-state index contributed by atoms with van der Waals surface area (Å²) in [5, 5.41) is 19.6. The van der Waals surface area contributed by atoms with Crippen molar-refractivity contribution < 1.29 is 29.2 Å². The molecule has 0 aliphatic carbocycles. The van der Waals surface area contributed by atoms with Crippen molar-refractivity contribution in [2.24, 2.45) is 0 Å². The lowest BCUT2D eigenvalue weighted by atomic mass is 10.0. The van der Waals surface area contributed by atoms with Crippen LogP contribution in [0.25, 0.3) is 0 Å². The monoisotopic (exact) mass is 262 g/mol. The van der Waals surface area contributed by atoms with Gasteiger partial charge in [0.25, 0.3) is 0 Å². The minimum atomic E-state index is -0.898. The largest absolute Gasteiger partial charge is 0.394 e. The number of rotatable bonds is 3. The van der Waals surface area contributed by atoms with Crippen molar-refractivity contribution in [2.75, 3.05) is 13.2 Å². The standard InChI is InChI=1S/C12H22O6/c1-11(2)15-6-8(17-11)9(14)10-7(5-13)16-12(3,4)18-10/h7-10,13-14H,5-6H2,1-4H3/t7-,8+,9-,10-/m1/s1. The zero-order chi connectivity index (χ0) is 13.6. The van der Waals surface area contributed by atoms with Crippen LogP contribution in [0.2, 0.25) is 0 Å². The molecule has 0 aromatic carbocycles. The van der Waals surface area contributed by atoms with E-state index in [9.17, 15) is 10.2 Å². The van der Waals surface area contributed by atoms with Crippen LogP contribution in [0.5, 0.6) is 0 Å². The highest BCUT2D eigenvalue weighted by Gasteiger charge is 2.49. The van der Waals surface area contributed by atoms with E-state index in [1.807, 2.05) is 0 Å². The minimum absolute atomic E-state index is 0.206. The molecule has 2 rings (SSSR count). The number of ether oxygens (including phenoxy) is 4. The minimum Gasteiger partial charge on any atom is -0.394 e. The molecule has 0 saturated carbocycles. The molecule has 0 amide bonds. The van der Waals surface area contributed by atoms with Gasteiger partial charge in [0.15, 0.2) is 11.6 Å². The van der Waals surface area contributed by atoms with Crippen LogP contribution in [-0.4, -0.2) is 59.4 Å². The molecule has 4 atom stereocenters. The van der Waals surface area contributed by atoms with Crippen molar-refractivity contribution in [1.29, 1.82) is 0 Å². The van der Waals surface area contributed by atoms with Crippen LogP contribution in [0.1, 0.15) is 27.7 Å². The second-order valence-corrected chi connectivity index (χ2v) is 5.68. The SMILES string of the molecule is CC1(C)OC[C@@H]([C@@H](O)[C@@H]2OC(C)(C)O[C@@H]2CO)O1. The first kappa shape index (κ1) is 14.2. The van der Waals surface area contributed by atoms with Crippen molar-refractivity contribution in [1.82, 2.24) is 0 Å². The summed E-state index contributed by atoms with van der Waals surface area (Å²) in [6.45, 7) is 7.17. The third-order valence-corrected chi connectivity index (χ3v) is 3.15. The first-order valence-electron chi connectivity index (χ1n) is 6.20. The summed E-state index contributed by atoms with van der Waals surface area (Å²) in [6, 6.07) is 0. The molecule has 0 aromatic rings. The zero-order valence-electron chi connectivity index (χ0n) is 11.3. The fourth-order valence-electron chi connectivity index (χ4n) is 2.39. The summed E-state index contributed by atoms with van der Waals surface area (Å²) in [5.74, 6) is -1.51. The van der Waals surface area contributed by atoms with Gasteiger partial charge in [-0.2, -0.15) is 0 Å². The molecule has 2 aliphatic heterocycles. The third kappa shape index (κ3) is 2.84. The number of aliphatic hydroxyl groups excluding tert-OH is 2. The summed E-state index contributed by atoms with van der Waals surface area (Å²) in [4.78, 5) is 0. The summed E-state index contributed by atoms with van der Waals surface area (Å²) >= 11 is 0. The van der Waals surface area contributed by atoms with E-state index in [4.69, 9.17) is 18.9 Å². The van der Waals surface area contributed by atoms with Crippen molar-refractivity contribution in [3.05, 3.63) is 0 Å². The summed E-state index contributed by atoms with van der Waals surface area (Å²) in [5.41, 5.74) is 0. The Bertz CT molecular complexity index is 303. The number of aliphatic hydroxyl groups is 2. The van der Waals surface area contributed by atoms with Crippen molar-refractivity contribution >= 4 is 0 Å². The maximum Gasteiger partial charge on any atom is 0.164 e. The molecule has 2 aliphatic rings. The summed E-state index contributed by atoms with van der Waals surface area (Å²) in [6.07, 6.45) is -2.54. The van der Waals surface area contributed by atoms with Gasteiger partial charge in [0.05, 0.1) is 13.2 Å².